The molecule has 1 aromatic rings. The molecule has 0 spiro atoms. The summed E-state index contributed by atoms with van der Waals surface area (Å²) in [6.07, 6.45) is 0. The van der Waals surface area contributed by atoms with Crippen molar-refractivity contribution in [3.63, 3.8) is 0 Å². The summed E-state index contributed by atoms with van der Waals surface area (Å²) >= 11 is 6.41. The van der Waals surface area contributed by atoms with E-state index < -0.39 is 5.41 Å². The van der Waals surface area contributed by atoms with Gasteiger partial charge in [-0.1, -0.05) is 31.5 Å². The molecule has 3 nitrogen and oxygen atoms in total. The highest BCUT2D eigenvalue weighted by atomic mass is 35.5. The second kappa shape index (κ2) is 6.61. The van der Waals surface area contributed by atoms with Crippen LogP contribution in [0.1, 0.15) is 31.0 Å². The second-order valence-corrected chi connectivity index (χ2v) is 6.81. The Morgan fingerprint density at radius 2 is 2.00 bits per heavy atom. The molecule has 1 aliphatic heterocycles. The number of hydrogen-bond acceptors (Lipinski definition) is 3. The van der Waals surface area contributed by atoms with Crippen LogP contribution in [-0.2, 0) is 0 Å². The molecule has 0 amide bonds. The van der Waals surface area contributed by atoms with Crippen LogP contribution in [0, 0.1) is 18.2 Å². The predicted molar refractivity (Wildman–Crippen MR) is 84.2 cm³/mol. The molecule has 1 atom stereocenters. The van der Waals surface area contributed by atoms with Crippen LogP contribution in [0.3, 0.4) is 0 Å². The van der Waals surface area contributed by atoms with E-state index in [9.17, 15) is 9.50 Å². The number of nitrogens with one attached hydrogen (secondary N) is 1. The molecule has 0 aliphatic carbocycles. The van der Waals surface area contributed by atoms with Crippen molar-refractivity contribution in [2.45, 2.75) is 26.8 Å². The Bertz CT molecular complexity index is 501. The van der Waals surface area contributed by atoms with Gasteiger partial charge < -0.3 is 10.4 Å². The fourth-order valence-corrected chi connectivity index (χ4v) is 3.28. The van der Waals surface area contributed by atoms with E-state index in [2.05, 4.69) is 10.2 Å². The zero-order valence-corrected chi connectivity index (χ0v) is 13.7. The van der Waals surface area contributed by atoms with Crippen LogP contribution in [0.2, 0.25) is 5.02 Å². The molecule has 0 aromatic heterocycles. The molecule has 5 heteroatoms. The van der Waals surface area contributed by atoms with Crippen LogP contribution in [0.5, 0.6) is 0 Å². The van der Waals surface area contributed by atoms with Crippen molar-refractivity contribution < 1.29 is 9.50 Å². The molecule has 2 rings (SSSR count). The van der Waals surface area contributed by atoms with Gasteiger partial charge in [0, 0.05) is 49.8 Å². The summed E-state index contributed by atoms with van der Waals surface area (Å²) in [4.78, 5) is 2.22. The van der Waals surface area contributed by atoms with Crippen molar-refractivity contribution in [1.29, 1.82) is 0 Å². The molecule has 118 valence electrons. The third kappa shape index (κ3) is 3.39. The SMILES string of the molecule is Cc1ccc(F)c([C@H](N2CCNCC2)C(C)(C)CO)c1Cl. The lowest BCUT2D eigenvalue weighted by molar-refractivity contribution is 0.0287. The van der Waals surface area contributed by atoms with Crippen LogP contribution in [0.15, 0.2) is 12.1 Å². The smallest absolute Gasteiger partial charge is 0.129 e. The molecule has 1 fully saturated rings. The lowest BCUT2D eigenvalue weighted by Gasteiger charge is -2.44. The van der Waals surface area contributed by atoms with E-state index in [1.807, 2.05) is 20.8 Å². The number of halogens is 2. The molecule has 0 unspecified atom stereocenters. The van der Waals surface area contributed by atoms with Gasteiger partial charge in [0.05, 0.1) is 5.02 Å². The van der Waals surface area contributed by atoms with Gasteiger partial charge in [-0.25, -0.2) is 4.39 Å². The van der Waals surface area contributed by atoms with Crippen LogP contribution < -0.4 is 5.32 Å². The number of rotatable bonds is 4. The number of piperazine rings is 1. The van der Waals surface area contributed by atoms with Crippen LogP contribution >= 0.6 is 11.6 Å². The summed E-state index contributed by atoms with van der Waals surface area (Å²) in [5.74, 6) is -0.296. The number of nitrogens with zero attached hydrogens (tertiary/aromatic N) is 1. The maximum absolute atomic E-state index is 14.5. The van der Waals surface area contributed by atoms with E-state index in [0.29, 0.717) is 10.6 Å². The average Bonchev–Trinajstić information content (AvgIpc) is 2.48. The Balaban J connectivity index is 2.52. The normalized spacial score (nSPS) is 18.8. The van der Waals surface area contributed by atoms with E-state index in [1.54, 1.807) is 6.07 Å². The number of hydrogen-bond donors (Lipinski definition) is 2. The number of aliphatic hydroxyl groups is 1. The standard InChI is InChI=1S/C16H24ClFN2O/c1-11-4-5-12(18)13(14(11)17)15(16(2,3)10-21)20-8-6-19-7-9-20/h4-5,15,19,21H,6-10H2,1-3H3/t15-/m0/s1. The summed E-state index contributed by atoms with van der Waals surface area (Å²) in [6.45, 7) is 9.13. The van der Waals surface area contributed by atoms with E-state index in [1.165, 1.54) is 6.07 Å². The molecular formula is C16H24ClFN2O. The highest BCUT2D eigenvalue weighted by molar-refractivity contribution is 6.32. The molecule has 2 N–H and O–H groups in total. The molecule has 1 heterocycles. The fourth-order valence-electron chi connectivity index (χ4n) is 3.02. The number of benzene rings is 1. The first-order valence-electron chi connectivity index (χ1n) is 7.38. The van der Waals surface area contributed by atoms with Crippen LogP contribution in [-0.4, -0.2) is 42.8 Å². The summed E-state index contributed by atoms with van der Waals surface area (Å²) < 4.78 is 14.5. The minimum atomic E-state index is -0.477. The van der Waals surface area contributed by atoms with Gasteiger partial charge in [0.1, 0.15) is 5.82 Å². The lowest BCUT2D eigenvalue weighted by Crippen LogP contribution is -2.50. The van der Waals surface area contributed by atoms with E-state index in [4.69, 9.17) is 11.6 Å². The molecular weight excluding hydrogens is 291 g/mol. The van der Waals surface area contributed by atoms with Gasteiger partial charge in [-0.05, 0) is 18.6 Å². The Kier molecular flexibility index (Phi) is 5.25. The fraction of sp³-hybridized carbons (Fsp3) is 0.625. The Hall–Kier alpha value is -0.680. The first-order chi connectivity index (χ1) is 9.88. The minimum Gasteiger partial charge on any atom is -0.396 e. The number of aliphatic hydroxyl groups excluding tert-OH is 1. The number of aryl methyl sites for hydroxylation is 1. The van der Waals surface area contributed by atoms with Gasteiger partial charge >= 0.3 is 0 Å². The zero-order chi connectivity index (χ0) is 15.6. The molecule has 1 aromatic carbocycles. The summed E-state index contributed by atoms with van der Waals surface area (Å²) in [5.41, 5.74) is 0.898. The molecule has 1 aliphatic rings. The van der Waals surface area contributed by atoms with Gasteiger partial charge in [-0.3, -0.25) is 4.90 Å². The third-order valence-electron chi connectivity index (χ3n) is 4.26. The summed E-state index contributed by atoms with van der Waals surface area (Å²) in [7, 11) is 0. The first-order valence-corrected chi connectivity index (χ1v) is 7.76. The second-order valence-electron chi connectivity index (χ2n) is 6.43. The molecule has 0 radical (unpaired) electrons. The highest BCUT2D eigenvalue weighted by Crippen LogP contribution is 2.43. The maximum atomic E-state index is 14.5. The van der Waals surface area contributed by atoms with E-state index in [0.717, 1.165) is 31.7 Å². The first kappa shape index (κ1) is 16.7. The third-order valence-corrected chi connectivity index (χ3v) is 4.76. The van der Waals surface area contributed by atoms with Gasteiger partial charge in [-0.2, -0.15) is 0 Å². The molecule has 0 saturated carbocycles. The van der Waals surface area contributed by atoms with Crippen molar-refractivity contribution in [3.8, 4) is 0 Å². The molecule has 1 saturated heterocycles. The van der Waals surface area contributed by atoms with Crippen molar-refractivity contribution >= 4 is 11.6 Å². The van der Waals surface area contributed by atoms with Crippen LogP contribution in [0.25, 0.3) is 0 Å². The molecule has 0 bridgehead atoms. The summed E-state index contributed by atoms with van der Waals surface area (Å²) in [5, 5.41) is 13.6. The minimum absolute atomic E-state index is 0.0225. The Morgan fingerprint density at radius 3 is 2.57 bits per heavy atom. The van der Waals surface area contributed by atoms with Crippen molar-refractivity contribution in [2.24, 2.45) is 5.41 Å². The summed E-state index contributed by atoms with van der Waals surface area (Å²) in [6, 6.07) is 2.93. The lowest BCUT2D eigenvalue weighted by atomic mass is 9.79. The van der Waals surface area contributed by atoms with Crippen molar-refractivity contribution in [1.82, 2.24) is 10.2 Å². The van der Waals surface area contributed by atoms with Crippen molar-refractivity contribution in [3.05, 3.63) is 34.1 Å². The largest absolute Gasteiger partial charge is 0.396 e. The predicted octanol–water partition coefficient (Wildman–Crippen LogP) is 2.75. The quantitative estimate of drug-likeness (QED) is 0.897. The maximum Gasteiger partial charge on any atom is 0.129 e. The van der Waals surface area contributed by atoms with Crippen LogP contribution in [0.4, 0.5) is 4.39 Å². The van der Waals surface area contributed by atoms with Gasteiger partial charge in [0.2, 0.25) is 0 Å². The zero-order valence-electron chi connectivity index (χ0n) is 12.9. The van der Waals surface area contributed by atoms with Gasteiger partial charge in [0.15, 0.2) is 0 Å². The average molecular weight is 315 g/mol. The highest BCUT2D eigenvalue weighted by Gasteiger charge is 2.38. The van der Waals surface area contributed by atoms with Crippen molar-refractivity contribution in [2.75, 3.05) is 32.8 Å². The topological polar surface area (TPSA) is 35.5 Å². The monoisotopic (exact) mass is 314 g/mol. The van der Waals surface area contributed by atoms with Gasteiger partial charge in [0.25, 0.3) is 0 Å². The van der Waals surface area contributed by atoms with Gasteiger partial charge in [-0.15, -0.1) is 0 Å². The van der Waals surface area contributed by atoms with E-state index in [-0.39, 0.29) is 18.5 Å². The van der Waals surface area contributed by atoms with E-state index >= 15 is 0 Å². The Labute approximate surface area is 131 Å². The Morgan fingerprint density at radius 1 is 1.38 bits per heavy atom. The molecule has 21 heavy (non-hydrogen) atoms.